The molecule has 1 heteroatoms. The first-order valence-corrected chi connectivity index (χ1v) is 4.02. The van der Waals surface area contributed by atoms with E-state index in [9.17, 15) is 0 Å². The van der Waals surface area contributed by atoms with E-state index in [4.69, 9.17) is 0 Å². The van der Waals surface area contributed by atoms with Crippen LogP contribution in [-0.2, 0) is 0 Å². The molecule has 0 aromatic carbocycles. The summed E-state index contributed by atoms with van der Waals surface area (Å²) < 4.78 is 0. The first-order valence-electron chi connectivity index (χ1n) is 3.10. The van der Waals surface area contributed by atoms with Crippen LogP contribution in [-0.4, -0.2) is 4.83 Å². The van der Waals surface area contributed by atoms with Gasteiger partial charge in [0.15, 0.2) is 0 Å². The van der Waals surface area contributed by atoms with E-state index in [0.717, 1.165) is 5.92 Å². The minimum absolute atomic E-state index is 0.613. The second-order valence-electron chi connectivity index (χ2n) is 2.48. The zero-order chi connectivity index (χ0) is 6.57. The zero-order valence-corrected chi connectivity index (χ0v) is 7.40. The summed E-state index contributed by atoms with van der Waals surface area (Å²) in [4.78, 5) is 0.613. The first-order chi connectivity index (χ1) is 3.66. The van der Waals surface area contributed by atoms with Crippen molar-refractivity contribution in [3.8, 4) is 0 Å². The van der Waals surface area contributed by atoms with Gasteiger partial charge >= 0.3 is 0 Å². The Balaban J connectivity index is 3.10. The lowest BCUT2D eigenvalue weighted by molar-refractivity contribution is 0.595. The van der Waals surface area contributed by atoms with Gasteiger partial charge in [0.25, 0.3) is 0 Å². The largest absolute Gasteiger partial charge is 0.0888 e. The number of hydrogen-bond donors (Lipinski definition) is 0. The van der Waals surface area contributed by atoms with Crippen LogP contribution in [0.2, 0.25) is 0 Å². The molecular formula is C7H14Br. The lowest BCUT2D eigenvalue weighted by atomic mass is 10.1. The lowest BCUT2D eigenvalue weighted by Gasteiger charge is -2.07. The molecule has 0 spiro atoms. The number of hydrogen-bond acceptors (Lipinski definition) is 0. The third kappa shape index (κ3) is 4.63. The van der Waals surface area contributed by atoms with E-state index in [-0.39, 0.29) is 0 Å². The van der Waals surface area contributed by atoms with Crippen LogP contribution in [0.3, 0.4) is 0 Å². The van der Waals surface area contributed by atoms with Crippen molar-refractivity contribution in [1.29, 1.82) is 0 Å². The Morgan fingerprint density at radius 3 is 2.12 bits per heavy atom. The molecule has 0 aliphatic heterocycles. The molecule has 0 saturated heterocycles. The summed E-state index contributed by atoms with van der Waals surface area (Å²) in [6, 6.07) is 0. The molecule has 49 valence electrons. The quantitative estimate of drug-likeness (QED) is 0.582. The van der Waals surface area contributed by atoms with Gasteiger partial charge in [0.2, 0.25) is 0 Å². The Morgan fingerprint density at radius 2 is 2.00 bits per heavy atom. The monoisotopic (exact) mass is 177 g/mol. The molecular weight excluding hydrogens is 164 g/mol. The van der Waals surface area contributed by atoms with Crippen molar-refractivity contribution in [1.82, 2.24) is 0 Å². The summed E-state index contributed by atoms with van der Waals surface area (Å²) in [7, 11) is 0. The molecule has 0 aromatic rings. The van der Waals surface area contributed by atoms with Crippen LogP contribution in [0.25, 0.3) is 0 Å². The molecule has 8 heavy (non-hydrogen) atoms. The average Bonchev–Trinajstić information content (AvgIpc) is 1.65. The van der Waals surface area contributed by atoms with Gasteiger partial charge in [-0.25, -0.2) is 0 Å². The van der Waals surface area contributed by atoms with Crippen LogP contribution >= 0.6 is 15.9 Å². The van der Waals surface area contributed by atoms with E-state index in [1.54, 1.807) is 0 Å². The van der Waals surface area contributed by atoms with Gasteiger partial charge in [0, 0.05) is 4.83 Å². The van der Waals surface area contributed by atoms with Gasteiger partial charge in [-0.05, 0) is 18.8 Å². The van der Waals surface area contributed by atoms with Gasteiger partial charge < -0.3 is 0 Å². The molecule has 0 amide bonds. The highest BCUT2D eigenvalue weighted by Gasteiger charge is 2.02. The maximum absolute atomic E-state index is 3.52. The van der Waals surface area contributed by atoms with Gasteiger partial charge in [-0.2, -0.15) is 0 Å². The van der Waals surface area contributed by atoms with Gasteiger partial charge in [-0.15, -0.1) is 0 Å². The predicted octanol–water partition coefficient (Wildman–Crippen LogP) is 3.02. The van der Waals surface area contributed by atoms with Crippen molar-refractivity contribution in [3.05, 3.63) is 6.42 Å². The number of rotatable bonds is 3. The summed E-state index contributed by atoms with van der Waals surface area (Å²) >= 11 is 3.52. The molecule has 1 radical (unpaired) electrons. The Kier molecular flexibility index (Phi) is 4.63. The number of alkyl halides is 1. The third-order valence-electron chi connectivity index (χ3n) is 1.06. The van der Waals surface area contributed by atoms with Gasteiger partial charge in [0.05, 0.1) is 0 Å². The van der Waals surface area contributed by atoms with E-state index in [1.807, 2.05) is 0 Å². The highest BCUT2D eigenvalue weighted by Crippen LogP contribution is 2.13. The minimum Gasteiger partial charge on any atom is -0.0888 e. The van der Waals surface area contributed by atoms with Crippen molar-refractivity contribution in [3.63, 3.8) is 0 Å². The topological polar surface area (TPSA) is 0 Å². The van der Waals surface area contributed by atoms with Gasteiger partial charge in [-0.1, -0.05) is 36.7 Å². The van der Waals surface area contributed by atoms with E-state index in [1.165, 1.54) is 6.42 Å². The molecule has 1 atom stereocenters. The Hall–Kier alpha value is 0.480. The van der Waals surface area contributed by atoms with Crippen LogP contribution in [0.1, 0.15) is 27.2 Å². The standard InChI is InChI=1S/C7H14Br/c1-4-7(8)5-6(2)3/h4,6-7H,5H2,1-3H3. The highest BCUT2D eigenvalue weighted by molar-refractivity contribution is 9.09. The minimum atomic E-state index is 0.613. The first kappa shape index (κ1) is 8.48. The fourth-order valence-corrected chi connectivity index (χ4v) is 1.33. The van der Waals surface area contributed by atoms with E-state index in [2.05, 4.69) is 43.1 Å². The maximum atomic E-state index is 3.52. The van der Waals surface area contributed by atoms with E-state index >= 15 is 0 Å². The van der Waals surface area contributed by atoms with Gasteiger partial charge in [0.1, 0.15) is 0 Å². The normalized spacial score (nSPS) is 14.6. The second kappa shape index (κ2) is 4.37. The van der Waals surface area contributed by atoms with Gasteiger partial charge in [-0.3, -0.25) is 0 Å². The fraction of sp³-hybridized carbons (Fsp3) is 0.857. The van der Waals surface area contributed by atoms with Crippen LogP contribution in [0.5, 0.6) is 0 Å². The predicted molar refractivity (Wildman–Crippen MR) is 42.1 cm³/mol. The van der Waals surface area contributed by atoms with Crippen molar-refractivity contribution in [2.45, 2.75) is 32.0 Å². The van der Waals surface area contributed by atoms with Crippen LogP contribution in [0.15, 0.2) is 0 Å². The fourth-order valence-electron chi connectivity index (χ4n) is 0.586. The number of halogens is 1. The Bertz CT molecular complexity index is 50.3. The van der Waals surface area contributed by atoms with Crippen molar-refractivity contribution in [2.75, 3.05) is 0 Å². The molecule has 0 N–H and O–H groups in total. The summed E-state index contributed by atoms with van der Waals surface area (Å²) in [5.74, 6) is 0.801. The maximum Gasteiger partial charge on any atom is 0.0176 e. The SMILES string of the molecule is C[CH]C(Br)CC(C)C. The molecule has 0 aromatic heterocycles. The summed E-state index contributed by atoms with van der Waals surface area (Å²) in [6.45, 7) is 6.55. The molecule has 1 unspecified atom stereocenters. The summed E-state index contributed by atoms with van der Waals surface area (Å²) in [5.41, 5.74) is 0. The molecule has 0 rings (SSSR count). The van der Waals surface area contributed by atoms with Crippen molar-refractivity contribution < 1.29 is 0 Å². The second-order valence-corrected chi connectivity index (χ2v) is 3.66. The van der Waals surface area contributed by atoms with E-state index < -0.39 is 0 Å². The molecule has 0 aliphatic rings. The lowest BCUT2D eigenvalue weighted by Crippen LogP contribution is -2.00. The van der Waals surface area contributed by atoms with Crippen molar-refractivity contribution >= 4 is 15.9 Å². The Labute approximate surface area is 60.8 Å². The third-order valence-corrected chi connectivity index (χ3v) is 1.96. The molecule has 0 saturated carbocycles. The van der Waals surface area contributed by atoms with Crippen molar-refractivity contribution in [2.24, 2.45) is 5.92 Å². The highest BCUT2D eigenvalue weighted by atomic mass is 79.9. The molecule has 0 heterocycles. The smallest absolute Gasteiger partial charge is 0.0176 e. The Morgan fingerprint density at radius 1 is 1.50 bits per heavy atom. The van der Waals surface area contributed by atoms with Crippen LogP contribution in [0.4, 0.5) is 0 Å². The van der Waals surface area contributed by atoms with Crippen LogP contribution in [0, 0.1) is 12.3 Å². The molecule has 0 fully saturated rings. The zero-order valence-electron chi connectivity index (χ0n) is 5.82. The van der Waals surface area contributed by atoms with Crippen LogP contribution < -0.4 is 0 Å². The molecule has 0 aliphatic carbocycles. The summed E-state index contributed by atoms with van der Waals surface area (Å²) in [5, 5.41) is 0. The molecule has 0 nitrogen and oxygen atoms in total. The average molecular weight is 178 g/mol. The van der Waals surface area contributed by atoms with E-state index in [0.29, 0.717) is 4.83 Å². The molecule has 0 bridgehead atoms. The summed E-state index contributed by atoms with van der Waals surface area (Å²) in [6.07, 6.45) is 3.43.